The van der Waals surface area contributed by atoms with Crippen LogP contribution in [0.1, 0.15) is 24.5 Å². The van der Waals surface area contributed by atoms with Gasteiger partial charge in [-0.2, -0.15) is 5.10 Å². The van der Waals surface area contributed by atoms with Gasteiger partial charge in [-0.3, -0.25) is 0 Å². The van der Waals surface area contributed by atoms with Crippen molar-refractivity contribution in [3.8, 4) is 0 Å². The maximum absolute atomic E-state index is 6.16. The third kappa shape index (κ3) is 1.68. The van der Waals surface area contributed by atoms with E-state index in [0.717, 1.165) is 24.4 Å². The van der Waals surface area contributed by atoms with Crippen LogP contribution in [0.25, 0.3) is 5.65 Å². The zero-order chi connectivity index (χ0) is 11.0. The summed E-state index contributed by atoms with van der Waals surface area (Å²) in [7, 11) is 0. The van der Waals surface area contributed by atoms with Crippen LogP contribution in [0, 0.1) is 0 Å². The molecule has 2 aromatic heterocycles. The summed E-state index contributed by atoms with van der Waals surface area (Å²) in [5, 5.41) is 8.14. The average molecular weight is 237 g/mol. The van der Waals surface area contributed by atoms with E-state index in [-0.39, 0.29) is 0 Å². The maximum atomic E-state index is 6.16. The highest BCUT2D eigenvalue weighted by Gasteiger charge is 2.18. The van der Waals surface area contributed by atoms with Crippen molar-refractivity contribution in [2.75, 3.05) is 13.1 Å². The van der Waals surface area contributed by atoms with E-state index >= 15 is 0 Å². The number of aromatic nitrogens is 3. The second kappa shape index (κ2) is 4.03. The Labute approximate surface area is 98.6 Å². The smallest absolute Gasteiger partial charge is 0.156 e. The molecule has 0 aliphatic carbocycles. The van der Waals surface area contributed by atoms with Gasteiger partial charge in [0, 0.05) is 18.5 Å². The summed E-state index contributed by atoms with van der Waals surface area (Å²) in [6.45, 7) is 2.10. The highest BCUT2D eigenvalue weighted by Crippen LogP contribution is 2.24. The quantitative estimate of drug-likeness (QED) is 0.769. The fraction of sp³-hybridized carbons (Fsp3) is 0.455. The molecule has 1 N–H and O–H groups in total. The number of nitrogens with zero attached hydrogens (tertiary/aromatic N) is 3. The van der Waals surface area contributed by atoms with E-state index in [9.17, 15) is 0 Å². The van der Waals surface area contributed by atoms with Crippen LogP contribution in [0.2, 0.25) is 5.15 Å². The SMILES string of the molecule is Clc1cc(C2CCCNC2)nc2ccnn12. The summed E-state index contributed by atoms with van der Waals surface area (Å²) in [6, 6.07) is 3.81. The monoisotopic (exact) mass is 236 g/mol. The standard InChI is InChI=1S/C11H13ClN4/c12-10-6-9(8-2-1-4-13-7-8)15-11-3-5-14-16(10)11/h3,5-6,8,13H,1-2,4,7H2. The molecule has 1 aliphatic rings. The molecule has 5 heteroatoms. The Morgan fingerprint density at radius 2 is 2.44 bits per heavy atom. The van der Waals surface area contributed by atoms with Crippen molar-refractivity contribution in [1.29, 1.82) is 0 Å². The van der Waals surface area contributed by atoms with Crippen LogP contribution < -0.4 is 5.32 Å². The van der Waals surface area contributed by atoms with Crippen LogP contribution >= 0.6 is 11.6 Å². The Hall–Kier alpha value is -1.13. The van der Waals surface area contributed by atoms with E-state index in [0.29, 0.717) is 11.1 Å². The number of piperidine rings is 1. The van der Waals surface area contributed by atoms with Crippen molar-refractivity contribution in [1.82, 2.24) is 19.9 Å². The minimum Gasteiger partial charge on any atom is -0.316 e. The summed E-state index contributed by atoms with van der Waals surface area (Å²) in [5.74, 6) is 0.478. The third-order valence-electron chi connectivity index (χ3n) is 3.05. The molecular formula is C11H13ClN4. The number of hydrogen-bond donors (Lipinski definition) is 1. The van der Waals surface area contributed by atoms with Gasteiger partial charge in [0.1, 0.15) is 5.15 Å². The predicted octanol–water partition coefficient (Wildman–Crippen LogP) is 1.85. The van der Waals surface area contributed by atoms with Crippen molar-refractivity contribution in [2.45, 2.75) is 18.8 Å². The molecular weight excluding hydrogens is 224 g/mol. The molecule has 3 heterocycles. The van der Waals surface area contributed by atoms with Crippen LogP contribution in [-0.4, -0.2) is 27.7 Å². The van der Waals surface area contributed by atoms with Crippen LogP contribution in [0.15, 0.2) is 18.3 Å². The first kappa shape index (κ1) is 10.1. The zero-order valence-electron chi connectivity index (χ0n) is 8.86. The molecule has 0 spiro atoms. The lowest BCUT2D eigenvalue weighted by atomic mass is 9.96. The highest BCUT2D eigenvalue weighted by atomic mass is 35.5. The van der Waals surface area contributed by atoms with E-state index in [1.54, 1.807) is 10.7 Å². The Bertz CT molecular complexity index is 502. The van der Waals surface area contributed by atoms with E-state index in [4.69, 9.17) is 11.6 Å². The molecule has 1 unspecified atom stereocenters. The lowest BCUT2D eigenvalue weighted by molar-refractivity contribution is 0.454. The number of fused-ring (bicyclic) bond motifs is 1. The van der Waals surface area contributed by atoms with Gasteiger partial charge in [-0.25, -0.2) is 9.50 Å². The molecule has 0 aromatic carbocycles. The Morgan fingerprint density at radius 1 is 1.50 bits per heavy atom. The van der Waals surface area contributed by atoms with E-state index in [1.807, 2.05) is 12.1 Å². The Kier molecular flexibility index (Phi) is 2.53. The molecule has 1 atom stereocenters. The van der Waals surface area contributed by atoms with Gasteiger partial charge in [0.15, 0.2) is 5.65 Å². The molecule has 0 bridgehead atoms. The molecule has 3 rings (SSSR count). The second-order valence-electron chi connectivity index (χ2n) is 4.15. The average Bonchev–Trinajstić information content (AvgIpc) is 2.79. The molecule has 4 nitrogen and oxygen atoms in total. The zero-order valence-corrected chi connectivity index (χ0v) is 9.61. The van der Waals surface area contributed by atoms with Crippen molar-refractivity contribution in [3.63, 3.8) is 0 Å². The van der Waals surface area contributed by atoms with E-state index in [2.05, 4.69) is 15.4 Å². The molecule has 0 radical (unpaired) electrons. The van der Waals surface area contributed by atoms with E-state index < -0.39 is 0 Å². The molecule has 84 valence electrons. The van der Waals surface area contributed by atoms with Crippen LogP contribution in [0.5, 0.6) is 0 Å². The van der Waals surface area contributed by atoms with Crippen LogP contribution in [-0.2, 0) is 0 Å². The van der Waals surface area contributed by atoms with Crippen LogP contribution in [0.3, 0.4) is 0 Å². The fourth-order valence-corrected chi connectivity index (χ4v) is 2.45. The topological polar surface area (TPSA) is 42.2 Å². The van der Waals surface area contributed by atoms with Crippen molar-refractivity contribution in [2.24, 2.45) is 0 Å². The molecule has 1 saturated heterocycles. The summed E-state index contributed by atoms with van der Waals surface area (Å²) in [4.78, 5) is 4.60. The number of halogens is 1. The Balaban J connectivity index is 2.02. The van der Waals surface area contributed by atoms with Gasteiger partial charge in [-0.05, 0) is 25.5 Å². The summed E-state index contributed by atoms with van der Waals surface area (Å²) >= 11 is 6.16. The largest absolute Gasteiger partial charge is 0.316 e. The van der Waals surface area contributed by atoms with Crippen LogP contribution in [0.4, 0.5) is 0 Å². The normalized spacial score (nSPS) is 21.4. The minimum absolute atomic E-state index is 0.478. The second-order valence-corrected chi connectivity index (χ2v) is 4.54. The molecule has 1 fully saturated rings. The van der Waals surface area contributed by atoms with Crippen molar-refractivity contribution >= 4 is 17.2 Å². The maximum Gasteiger partial charge on any atom is 0.156 e. The highest BCUT2D eigenvalue weighted by molar-refractivity contribution is 6.29. The first-order chi connectivity index (χ1) is 7.84. The van der Waals surface area contributed by atoms with Gasteiger partial charge in [-0.15, -0.1) is 0 Å². The summed E-state index contributed by atoms with van der Waals surface area (Å²) in [6.07, 6.45) is 4.10. The lowest BCUT2D eigenvalue weighted by Crippen LogP contribution is -2.28. The van der Waals surface area contributed by atoms with Gasteiger partial charge in [0.05, 0.1) is 11.9 Å². The van der Waals surface area contributed by atoms with Gasteiger partial charge in [0.25, 0.3) is 0 Å². The summed E-state index contributed by atoms with van der Waals surface area (Å²) in [5.41, 5.74) is 1.90. The summed E-state index contributed by atoms with van der Waals surface area (Å²) < 4.78 is 1.65. The van der Waals surface area contributed by atoms with Gasteiger partial charge < -0.3 is 5.32 Å². The Morgan fingerprint density at radius 3 is 3.25 bits per heavy atom. The first-order valence-corrected chi connectivity index (χ1v) is 5.93. The van der Waals surface area contributed by atoms with Gasteiger partial charge >= 0.3 is 0 Å². The fourth-order valence-electron chi connectivity index (χ4n) is 2.21. The third-order valence-corrected chi connectivity index (χ3v) is 3.32. The first-order valence-electron chi connectivity index (χ1n) is 5.55. The van der Waals surface area contributed by atoms with Crippen molar-refractivity contribution in [3.05, 3.63) is 29.2 Å². The predicted molar refractivity (Wildman–Crippen MR) is 62.8 cm³/mol. The van der Waals surface area contributed by atoms with Gasteiger partial charge in [-0.1, -0.05) is 11.6 Å². The lowest BCUT2D eigenvalue weighted by Gasteiger charge is -2.22. The van der Waals surface area contributed by atoms with Crippen molar-refractivity contribution < 1.29 is 0 Å². The molecule has 16 heavy (non-hydrogen) atoms. The molecule has 0 saturated carbocycles. The molecule has 1 aliphatic heterocycles. The number of nitrogens with one attached hydrogen (secondary N) is 1. The van der Waals surface area contributed by atoms with E-state index in [1.165, 1.54) is 12.8 Å². The minimum atomic E-state index is 0.478. The molecule has 2 aromatic rings. The van der Waals surface area contributed by atoms with Gasteiger partial charge in [0.2, 0.25) is 0 Å². The molecule has 0 amide bonds. The number of rotatable bonds is 1. The number of hydrogen-bond acceptors (Lipinski definition) is 3.